The minimum atomic E-state index is -0.538. The molecule has 4 bridgehead atoms. The molecule has 1 aromatic rings. The summed E-state index contributed by atoms with van der Waals surface area (Å²) >= 11 is 0. The van der Waals surface area contributed by atoms with Gasteiger partial charge in [0.15, 0.2) is 0 Å². The lowest BCUT2D eigenvalue weighted by Crippen LogP contribution is -2.63. The zero-order valence-corrected chi connectivity index (χ0v) is 16.3. The lowest BCUT2D eigenvalue weighted by atomic mass is 9.47. The molecule has 150 valence electrons. The summed E-state index contributed by atoms with van der Waals surface area (Å²) in [6.07, 6.45) is 8.47. The number of nitrogens with one attached hydrogen (secondary N) is 1. The number of benzene rings is 1. The van der Waals surface area contributed by atoms with Gasteiger partial charge in [-0.25, -0.2) is 4.39 Å². The smallest absolute Gasteiger partial charge is 0.230 e. The van der Waals surface area contributed by atoms with E-state index in [-0.39, 0.29) is 29.1 Å². The van der Waals surface area contributed by atoms with E-state index in [1.807, 2.05) is 0 Å². The molecular weight excluding hydrogens is 355 g/mol. The number of hydrogen-bond acceptors (Lipinski definition) is 2. The summed E-state index contributed by atoms with van der Waals surface area (Å²) in [4.78, 5) is 25.7. The highest BCUT2D eigenvalue weighted by Gasteiger charge is 2.58. The quantitative estimate of drug-likeness (QED) is 0.835. The molecule has 2 amide bonds. The van der Waals surface area contributed by atoms with E-state index in [1.165, 1.54) is 12.1 Å². The van der Waals surface area contributed by atoms with Gasteiger partial charge in [0.1, 0.15) is 5.82 Å². The molecule has 5 aliphatic rings. The van der Waals surface area contributed by atoms with Crippen LogP contribution >= 0.6 is 0 Å². The van der Waals surface area contributed by atoms with Crippen molar-refractivity contribution in [2.75, 3.05) is 0 Å². The highest BCUT2D eigenvalue weighted by molar-refractivity contribution is 5.89. The third kappa shape index (κ3) is 2.61. The van der Waals surface area contributed by atoms with Gasteiger partial charge in [0.25, 0.3) is 0 Å². The lowest BCUT2D eigenvalue weighted by Gasteiger charge is -2.59. The first-order valence-corrected chi connectivity index (χ1v) is 10.8. The lowest BCUT2D eigenvalue weighted by molar-refractivity contribution is -0.148. The van der Waals surface area contributed by atoms with Crippen molar-refractivity contribution in [1.82, 2.24) is 5.32 Å². The Balaban J connectivity index is 1.39. The minimum absolute atomic E-state index is 0.0993. The summed E-state index contributed by atoms with van der Waals surface area (Å²) in [6.45, 7) is 0. The van der Waals surface area contributed by atoms with Crippen LogP contribution in [0.5, 0.6) is 0 Å². The molecule has 5 fully saturated rings. The monoisotopic (exact) mass is 384 g/mol. The van der Waals surface area contributed by atoms with Gasteiger partial charge in [-0.15, -0.1) is 0 Å². The van der Waals surface area contributed by atoms with E-state index in [0.717, 1.165) is 63.4 Å². The van der Waals surface area contributed by atoms with Crippen LogP contribution in [-0.2, 0) is 15.0 Å². The molecule has 0 spiro atoms. The summed E-state index contributed by atoms with van der Waals surface area (Å²) in [7, 11) is 0. The number of rotatable bonds is 4. The van der Waals surface area contributed by atoms with Gasteiger partial charge in [0, 0.05) is 11.5 Å². The van der Waals surface area contributed by atoms with Crippen LogP contribution in [0.1, 0.15) is 63.4 Å². The summed E-state index contributed by atoms with van der Waals surface area (Å²) in [5.41, 5.74) is 5.85. The molecule has 2 atom stereocenters. The first kappa shape index (κ1) is 18.1. The Morgan fingerprint density at radius 3 is 2.18 bits per heavy atom. The standard InChI is InChI=1S/C23H29FN2O2/c24-18-5-3-17(4-6-18)23(7-1-2-8-23)21(28)26-19-15-9-14-10-16(19)13-22(11-14,12-15)20(25)27/h3-6,14-16,19H,1-2,7-13H2,(H2,25,27)(H,26,28). The number of carbonyl (C=O) groups is 2. The molecular formula is C23H29FN2O2. The number of amides is 2. The van der Waals surface area contributed by atoms with Crippen LogP contribution in [0.2, 0.25) is 0 Å². The van der Waals surface area contributed by atoms with Gasteiger partial charge in [-0.2, -0.15) is 0 Å². The van der Waals surface area contributed by atoms with Crippen molar-refractivity contribution in [2.45, 2.75) is 69.2 Å². The van der Waals surface area contributed by atoms with E-state index >= 15 is 0 Å². The van der Waals surface area contributed by atoms with E-state index in [2.05, 4.69) is 5.32 Å². The minimum Gasteiger partial charge on any atom is -0.369 e. The fraction of sp³-hybridized carbons (Fsp3) is 0.652. The fourth-order valence-electron chi connectivity index (χ4n) is 7.25. The van der Waals surface area contributed by atoms with E-state index in [1.54, 1.807) is 12.1 Å². The Hall–Kier alpha value is -1.91. The molecule has 5 saturated carbocycles. The second-order valence-corrected chi connectivity index (χ2v) is 9.91. The Morgan fingerprint density at radius 2 is 1.61 bits per heavy atom. The van der Waals surface area contributed by atoms with Crippen LogP contribution in [0.4, 0.5) is 4.39 Å². The zero-order valence-electron chi connectivity index (χ0n) is 16.3. The summed E-state index contributed by atoms with van der Waals surface area (Å²) < 4.78 is 13.4. The average Bonchev–Trinajstić information content (AvgIpc) is 3.15. The Labute approximate surface area is 165 Å². The van der Waals surface area contributed by atoms with Crippen molar-refractivity contribution in [3.05, 3.63) is 35.6 Å². The Bertz CT molecular complexity index is 783. The Kier molecular flexibility index (Phi) is 4.08. The molecule has 0 saturated heterocycles. The molecule has 0 heterocycles. The molecule has 0 aliphatic heterocycles. The third-order valence-corrected chi connectivity index (χ3v) is 8.38. The molecule has 1 aromatic carbocycles. The normalized spacial score (nSPS) is 37.8. The predicted octanol–water partition coefficient (Wildman–Crippen LogP) is 3.43. The van der Waals surface area contributed by atoms with Crippen LogP contribution < -0.4 is 11.1 Å². The fourth-order valence-corrected chi connectivity index (χ4v) is 7.25. The molecule has 28 heavy (non-hydrogen) atoms. The molecule has 6 rings (SSSR count). The van der Waals surface area contributed by atoms with Crippen molar-refractivity contribution in [1.29, 1.82) is 0 Å². The van der Waals surface area contributed by atoms with Gasteiger partial charge in [0.2, 0.25) is 11.8 Å². The van der Waals surface area contributed by atoms with Crippen molar-refractivity contribution < 1.29 is 14.0 Å². The number of primary amides is 1. The largest absolute Gasteiger partial charge is 0.369 e. The van der Waals surface area contributed by atoms with Gasteiger partial charge in [0.05, 0.1) is 5.41 Å². The predicted molar refractivity (Wildman–Crippen MR) is 104 cm³/mol. The van der Waals surface area contributed by atoms with Gasteiger partial charge in [-0.05, 0) is 80.4 Å². The van der Waals surface area contributed by atoms with Crippen LogP contribution in [0.15, 0.2) is 24.3 Å². The first-order valence-electron chi connectivity index (χ1n) is 10.8. The van der Waals surface area contributed by atoms with E-state index in [4.69, 9.17) is 5.73 Å². The molecule has 3 N–H and O–H groups in total. The molecule has 5 heteroatoms. The average molecular weight is 384 g/mol. The second-order valence-electron chi connectivity index (χ2n) is 9.91. The van der Waals surface area contributed by atoms with Crippen LogP contribution in [0, 0.1) is 29.0 Å². The van der Waals surface area contributed by atoms with Gasteiger partial charge < -0.3 is 11.1 Å². The maximum atomic E-state index is 13.6. The van der Waals surface area contributed by atoms with Gasteiger partial charge in [-0.1, -0.05) is 25.0 Å². The maximum Gasteiger partial charge on any atom is 0.230 e. The van der Waals surface area contributed by atoms with Gasteiger partial charge >= 0.3 is 0 Å². The van der Waals surface area contributed by atoms with Crippen LogP contribution in [-0.4, -0.2) is 17.9 Å². The summed E-state index contributed by atoms with van der Waals surface area (Å²) in [6, 6.07) is 6.62. The molecule has 4 nitrogen and oxygen atoms in total. The molecule has 5 aliphatic carbocycles. The van der Waals surface area contributed by atoms with E-state index in [9.17, 15) is 14.0 Å². The first-order chi connectivity index (χ1) is 13.4. The number of nitrogens with two attached hydrogens (primary N) is 1. The Morgan fingerprint density at radius 1 is 1.00 bits per heavy atom. The van der Waals surface area contributed by atoms with Gasteiger partial charge in [-0.3, -0.25) is 9.59 Å². The number of hydrogen-bond donors (Lipinski definition) is 2. The number of carbonyl (C=O) groups excluding carboxylic acids is 2. The van der Waals surface area contributed by atoms with Crippen LogP contribution in [0.3, 0.4) is 0 Å². The topological polar surface area (TPSA) is 72.2 Å². The number of halogens is 1. The van der Waals surface area contributed by atoms with Crippen molar-refractivity contribution in [2.24, 2.45) is 28.9 Å². The van der Waals surface area contributed by atoms with Crippen molar-refractivity contribution >= 4 is 11.8 Å². The maximum absolute atomic E-state index is 13.6. The molecule has 0 radical (unpaired) electrons. The summed E-state index contributed by atoms with van der Waals surface area (Å²) in [5.74, 6) is 0.979. The van der Waals surface area contributed by atoms with E-state index < -0.39 is 5.41 Å². The highest BCUT2D eigenvalue weighted by Crippen LogP contribution is 2.60. The SMILES string of the molecule is NC(=O)C12CC3CC(C1)C(NC(=O)C1(c4ccc(F)cc4)CCCC1)C(C3)C2. The van der Waals surface area contributed by atoms with Crippen molar-refractivity contribution in [3.63, 3.8) is 0 Å². The third-order valence-electron chi connectivity index (χ3n) is 8.38. The van der Waals surface area contributed by atoms with Crippen molar-refractivity contribution in [3.8, 4) is 0 Å². The zero-order chi connectivity index (χ0) is 19.5. The summed E-state index contributed by atoms with van der Waals surface area (Å²) in [5, 5.41) is 3.43. The highest BCUT2D eigenvalue weighted by atomic mass is 19.1. The molecule has 2 unspecified atom stereocenters. The second kappa shape index (κ2) is 6.30. The van der Waals surface area contributed by atoms with Crippen LogP contribution in [0.25, 0.3) is 0 Å². The van der Waals surface area contributed by atoms with E-state index in [0.29, 0.717) is 17.8 Å². The molecule has 0 aromatic heterocycles.